The third-order valence-electron chi connectivity index (χ3n) is 8.04. The minimum Gasteiger partial charge on any atom is -0.322 e. The predicted octanol–water partition coefficient (Wildman–Crippen LogP) is 5.72. The van der Waals surface area contributed by atoms with Gasteiger partial charge in [0.1, 0.15) is 22.4 Å². The van der Waals surface area contributed by atoms with E-state index in [0.717, 1.165) is 57.6 Å². The highest BCUT2D eigenvalue weighted by Gasteiger charge is 2.31. The zero-order chi connectivity index (χ0) is 30.4. The number of carbonyl (C=O) groups excluding carboxylic acids is 1. The largest absolute Gasteiger partial charge is 0.322 e. The number of fused-ring (bicyclic) bond motifs is 4. The first kappa shape index (κ1) is 27.8. The molecular weight excluding hydrogens is 570 g/mol. The summed E-state index contributed by atoms with van der Waals surface area (Å²) in [7, 11) is 1.96. The molecule has 0 unspecified atom stereocenters. The second kappa shape index (κ2) is 11.3. The number of aryl methyl sites for hydroxylation is 2. The first-order chi connectivity index (χ1) is 21.4. The summed E-state index contributed by atoms with van der Waals surface area (Å²) in [6.45, 7) is 7.15. The Kier molecular flexibility index (Phi) is 7.11. The van der Waals surface area contributed by atoms with Crippen molar-refractivity contribution in [2.24, 2.45) is 4.99 Å². The maximum Gasteiger partial charge on any atom is 0.261 e. The van der Waals surface area contributed by atoms with Crippen LogP contribution in [0.3, 0.4) is 0 Å². The summed E-state index contributed by atoms with van der Waals surface area (Å²) < 4.78 is 3.77. The van der Waals surface area contributed by atoms with Gasteiger partial charge in [0.15, 0.2) is 11.5 Å². The molecule has 1 aliphatic heterocycles. The van der Waals surface area contributed by atoms with Gasteiger partial charge < -0.3 is 10.6 Å². The van der Waals surface area contributed by atoms with E-state index in [1.54, 1.807) is 34.3 Å². The summed E-state index contributed by atoms with van der Waals surface area (Å²) in [4.78, 5) is 24.0. The Hall–Kier alpha value is -5.00. The molecule has 0 spiro atoms. The second-order valence-corrected chi connectivity index (χ2v) is 12.1. The maximum absolute atomic E-state index is 13.1. The average Bonchev–Trinajstić information content (AvgIpc) is 3.70. The van der Waals surface area contributed by atoms with Gasteiger partial charge in [-0.05, 0) is 75.7 Å². The first-order valence-corrected chi connectivity index (χ1v) is 15.3. The number of amides is 1. The number of aromatic nitrogens is 6. The number of benzene rings is 2. The highest BCUT2D eigenvalue weighted by atomic mass is 32.1. The topological polar surface area (TPSA) is 114 Å². The zero-order valence-corrected chi connectivity index (χ0v) is 25.7. The van der Waals surface area contributed by atoms with Crippen LogP contribution in [0.5, 0.6) is 0 Å². The Balaban J connectivity index is 1.21. The molecule has 44 heavy (non-hydrogen) atoms. The molecule has 11 heteroatoms. The van der Waals surface area contributed by atoms with Crippen molar-refractivity contribution in [3.8, 4) is 16.1 Å². The van der Waals surface area contributed by atoms with E-state index >= 15 is 0 Å². The lowest BCUT2D eigenvalue weighted by molar-refractivity contribution is 0.102. The minimum atomic E-state index is -0.256. The molecule has 4 aromatic heterocycles. The third-order valence-corrected chi connectivity index (χ3v) is 9.24. The van der Waals surface area contributed by atoms with E-state index in [-0.39, 0.29) is 11.9 Å². The van der Waals surface area contributed by atoms with Crippen molar-refractivity contribution in [3.63, 3.8) is 0 Å². The molecule has 1 atom stereocenters. The molecule has 1 aliphatic rings. The van der Waals surface area contributed by atoms with E-state index in [1.807, 2.05) is 38.2 Å². The fourth-order valence-electron chi connectivity index (χ4n) is 5.65. The minimum absolute atomic E-state index is 0.124. The predicted molar refractivity (Wildman–Crippen MR) is 173 cm³/mol. The molecule has 2 aromatic carbocycles. The first-order valence-electron chi connectivity index (χ1n) is 14.5. The fraction of sp³-hybridized carbons (Fsp3) is 0.212. The summed E-state index contributed by atoms with van der Waals surface area (Å²) in [6.07, 6.45) is 5.76. The number of nitrogens with one attached hydrogen (secondary N) is 2. The highest BCUT2D eigenvalue weighted by molar-refractivity contribution is 7.15. The number of nitrogens with zero attached hydrogens (tertiary/aromatic N) is 7. The van der Waals surface area contributed by atoms with Crippen molar-refractivity contribution in [2.45, 2.75) is 33.2 Å². The van der Waals surface area contributed by atoms with Crippen LogP contribution in [0.2, 0.25) is 0 Å². The summed E-state index contributed by atoms with van der Waals surface area (Å²) >= 11 is 1.76. The molecule has 10 nitrogen and oxygen atoms in total. The third kappa shape index (κ3) is 4.80. The van der Waals surface area contributed by atoms with Crippen LogP contribution in [0.15, 0.2) is 78.2 Å². The van der Waals surface area contributed by atoms with Gasteiger partial charge in [-0.3, -0.25) is 14.4 Å². The van der Waals surface area contributed by atoms with Crippen LogP contribution in [0, 0.1) is 20.8 Å². The number of hydrogen-bond acceptors (Lipinski definition) is 8. The Bertz CT molecular complexity index is 2050. The summed E-state index contributed by atoms with van der Waals surface area (Å²) in [5, 5.41) is 20.6. The summed E-state index contributed by atoms with van der Waals surface area (Å²) in [6, 6.07) is 18.0. The second-order valence-electron chi connectivity index (χ2n) is 10.8. The van der Waals surface area contributed by atoms with Crippen molar-refractivity contribution in [2.75, 3.05) is 18.9 Å². The highest BCUT2D eigenvalue weighted by Crippen LogP contribution is 2.39. The van der Waals surface area contributed by atoms with Crippen molar-refractivity contribution >= 4 is 34.3 Å². The average molecular weight is 602 g/mol. The molecule has 0 saturated heterocycles. The Labute approximate surface area is 258 Å². The van der Waals surface area contributed by atoms with Crippen LogP contribution in [-0.2, 0) is 0 Å². The number of anilines is 1. The Morgan fingerprint density at radius 2 is 1.82 bits per heavy atom. The van der Waals surface area contributed by atoms with Crippen molar-refractivity contribution in [1.82, 2.24) is 34.7 Å². The van der Waals surface area contributed by atoms with Gasteiger partial charge in [0.05, 0.1) is 11.9 Å². The van der Waals surface area contributed by atoms with Crippen LogP contribution in [0.4, 0.5) is 5.69 Å². The number of thiophene rings is 1. The fourth-order valence-corrected chi connectivity index (χ4v) is 6.86. The van der Waals surface area contributed by atoms with Gasteiger partial charge in [-0.25, -0.2) is 9.50 Å². The Morgan fingerprint density at radius 3 is 2.64 bits per heavy atom. The molecule has 1 amide bonds. The molecule has 7 rings (SSSR count). The quantitative estimate of drug-likeness (QED) is 0.242. The SMILES string of the molecule is CNCC[C@@H]1N=C(c2ccc(-c3cccc(NC(=O)c4cnn5cccnc45)c3)cc2)c2c(sc(C)c2C)-n2c(C)nnc21. The number of hydrogen-bond donors (Lipinski definition) is 2. The van der Waals surface area contributed by atoms with Gasteiger partial charge in [-0.1, -0.05) is 36.4 Å². The van der Waals surface area contributed by atoms with Crippen LogP contribution >= 0.6 is 11.3 Å². The molecule has 6 aromatic rings. The van der Waals surface area contributed by atoms with Crippen LogP contribution in [0.1, 0.15) is 56.0 Å². The van der Waals surface area contributed by atoms with Gasteiger partial charge in [-0.2, -0.15) is 5.10 Å². The monoisotopic (exact) mass is 601 g/mol. The smallest absolute Gasteiger partial charge is 0.261 e. The van der Waals surface area contributed by atoms with Crippen LogP contribution < -0.4 is 10.6 Å². The van der Waals surface area contributed by atoms with Gasteiger partial charge in [0, 0.05) is 34.1 Å². The normalized spacial score (nSPS) is 14.2. The van der Waals surface area contributed by atoms with Crippen LogP contribution in [0.25, 0.3) is 21.8 Å². The van der Waals surface area contributed by atoms with Gasteiger partial charge in [0.25, 0.3) is 5.91 Å². The maximum atomic E-state index is 13.1. The van der Waals surface area contributed by atoms with Crippen molar-refractivity contribution in [1.29, 1.82) is 0 Å². The van der Waals surface area contributed by atoms with Crippen molar-refractivity contribution < 1.29 is 4.79 Å². The van der Waals surface area contributed by atoms with E-state index in [1.165, 1.54) is 16.6 Å². The lowest BCUT2D eigenvalue weighted by atomic mass is 9.97. The van der Waals surface area contributed by atoms with Gasteiger partial charge in [-0.15, -0.1) is 21.5 Å². The zero-order valence-electron chi connectivity index (χ0n) is 24.9. The van der Waals surface area contributed by atoms with Gasteiger partial charge >= 0.3 is 0 Å². The lowest BCUT2D eigenvalue weighted by Crippen LogP contribution is -2.14. The van der Waals surface area contributed by atoms with E-state index < -0.39 is 0 Å². The molecule has 0 fully saturated rings. The molecule has 0 aliphatic carbocycles. The Morgan fingerprint density at radius 1 is 1.00 bits per heavy atom. The molecular formula is C33H31N9OS. The molecule has 220 valence electrons. The van der Waals surface area contributed by atoms with Gasteiger partial charge in [0.2, 0.25) is 0 Å². The van der Waals surface area contributed by atoms with Crippen molar-refractivity contribution in [3.05, 3.63) is 112 Å². The number of aliphatic imine (C=N–C) groups is 1. The molecule has 0 radical (unpaired) electrons. The summed E-state index contributed by atoms with van der Waals surface area (Å²) in [5.41, 5.74) is 8.05. The summed E-state index contributed by atoms with van der Waals surface area (Å²) in [5.74, 6) is 1.49. The lowest BCUT2D eigenvalue weighted by Gasteiger charge is -2.13. The molecule has 0 saturated carbocycles. The van der Waals surface area contributed by atoms with E-state index in [9.17, 15) is 4.79 Å². The van der Waals surface area contributed by atoms with Crippen LogP contribution in [-0.4, -0.2) is 54.6 Å². The number of carbonyl (C=O) groups is 1. The molecule has 2 N–H and O–H groups in total. The van der Waals surface area contributed by atoms with E-state index in [2.05, 4.69) is 73.6 Å². The molecule has 0 bridgehead atoms. The van der Waals surface area contributed by atoms with E-state index in [4.69, 9.17) is 4.99 Å². The van der Waals surface area contributed by atoms with E-state index in [0.29, 0.717) is 16.9 Å². The number of rotatable bonds is 7. The standard InChI is InChI=1S/C33H31N9OS/c1-19-20(2)44-33-28(19)29(38-27(13-15-34-4)31-40-39-21(3)42(31)33)23-11-9-22(10-12-23)24-7-5-8-25(17-24)37-32(43)26-18-36-41-16-6-14-35-30(26)41/h5-12,14,16-18,27,34H,13,15H2,1-4H3,(H,37,43)/t27-/m0/s1. The molecule has 5 heterocycles.